The number of rotatable bonds is 5. The van der Waals surface area contributed by atoms with Crippen molar-refractivity contribution in [2.75, 3.05) is 5.32 Å². The van der Waals surface area contributed by atoms with Crippen molar-refractivity contribution in [3.8, 4) is 11.5 Å². The number of nitrogens with one attached hydrogen (secondary N) is 2. The number of hydrogen-bond acceptors (Lipinski definition) is 4. The summed E-state index contributed by atoms with van der Waals surface area (Å²) < 4.78 is 6.94. The summed E-state index contributed by atoms with van der Waals surface area (Å²) in [6.45, 7) is 4.38. The zero-order chi connectivity index (χ0) is 25.2. The van der Waals surface area contributed by atoms with Gasteiger partial charge in [-0.05, 0) is 83.4 Å². The molecule has 1 aromatic heterocycles. The third-order valence-electron chi connectivity index (χ3n) is 6.30. The van der Waals surface area contributed by atoms with E-state index in [1.807, 2.05) is 60.7 Å². The van der Waals surface area contributed by atoms with Gasteiger partial charge in [-0.1, -0.05) is 66.2 Å². The van der Waals surface area contributed by atoms with Crippen LogP contribution in [-0.4, -0.2) is 16.0 Å². The molecule has 1 unspecified atom stereocenters. The number of benzene rings is 4. The fourth-order valence-electron chi connectivity index (χ4n) is 4.14. The molecule has 1 amide bonds. The predicted octanol–water partition coefficient (Wildman–Crippen LogP) is 8.05. The summed E-state index contributed by atoms with van der Waals surface area (Å²) in [7, 11) is 0. The number of amides is 1. The molecule has 0 aliphatic rings. The van der Waals surface area contributed by atoms with Gasteiger partial charge in [0.05, 0.1) is 0 Å². The Morgan fingerprint density at radius 2 is 1.81 bits per heavy atom. The zero-order valence-electron chi connectivity index (χ0n) is 19.8. The van der Waals surface area contributed by atoms with Crippen molar-refractivity contribution in [2.24, 2.45) is 0 Å². The first-order valence-electron chi connectivity index (χ1n) is 11.7. The van der Waals surface area contributed by atoms with Crippen LogP contribution in [0.3, 0.4) is 0 Å². The maximum Gasteiger partial charge on any atom is 0.258 e. The molecule has 0 saturated carbocycles. The van der Waals surface area contributed by atoms with Crippen molar-refractivity contribution in [1.82, 2.24) is 10.3 Å². The van der Waals surface area contributed by atoms with E-state index in [4.69, 9.17) is 21.6 Å². The minimum Gasteiger partial charge on any atom is -0.436 e. The topological polar surface area (TPSA) is 67.2 Å². The van der Waals surface area contributed by atoms with Gasteiger partial charge in [0.1, 0.15) is 5.52 Å². The maximum atomic E-state index is 13.0. The van der Waals surface area contributed by atoms with Gasteiger partial charge in [0.15, 0.2) is 10.7 Å². The predicted molar refractivity (Wildman–Crippen MR) is 153 cm³/mol. The van der Waals surface area contributed by atoms with E-state index in [1.54, 1.807) is 6.07 Å². The first kappa shape index (κ1) is 24.2. The number of oxazole rings is 1. The molecule has 180 valence electrons. The van der Waals surface area contributed by atoms with E-state index in [0.29, 0.717) is 17.4 Å². The molecule has 4 aromatic carbocycles. The second kappa shape index (κ2) is 10.2. The summed E-state index contributed by atoms with van der Waals surface area (Å²) in [5.74, 6) is 0.725. The number of thiocarbonyl (C=S) groups is 1. The lowest BCUT2D eigenvalue weighted by molar-refractivity contribution is 0.0979. The first-order valence-corrected chi connectivity index (χ1v) is 12.9. The van der Waals surface area contributed by atoms with Gasteiger partial charge in [0.25, 0.3) is 5.91 Å². The molecule has 1 heterocycles. The van der Waals surface area contributed by atoms with Crippen molar-refractivity contribution in [3.05, 3.63) is 94.5 Å². The zero-order valence-corrected chi connectivity index (χ0v) is 22.2. The molecule has 0 fully saturated rings. The van der Waals surface area contributed by atoms with Gasteiger partial charge in [-0.2, -0.15) is 0 Å². The van der Waals surface area contributed by atoms with Crippen molar-refractivity contribution in [3.63, 3.8) is 0 Å². The van der Waals surface area contributed by atoms with Crippen molar-refractivity contribution in [1.29, 1.82) is 0 Å². The Morgan fingerprint density at radius 1 is 1.03 bits per heavy atom. The highest BCUT2D eigenvalue weighted by atomic mass is 79.9. The van der Waals surface area contributed by atoms with Crippen LogP contribution < -0.4 is 10.6 Å². The molecular formula is C29H24BrN3O2S. The Bertz CT molecular complexity index is 1610. The minimum absolute atomic E-state index is 0.208. The van der Waals surface area contributed by atoms with Crippen LogP contribution >= 0.6 is 28.1 Å². The number of fused-ring (bicyclic) bond motifs is 2. The van der Waals surface area contributed by atoms with Crippen LogP contribution in [0.2, 0.25) is 0 Å². The average Bonchev–Trinajstić information content (AvgIpc) is 3.32. The lowest BCUT2D eigenvalue weighted by atomic mass is 9.98. The molecule has 7 heteroatoms. The standard InChI is InChI=1S/C29H24BrN3O2S/c1-3-17(2)18-13-14-26-25(16-18)32-28(35-26)19-7-4-8-20(15-19)31-29(36)33-27(34)23-11-5-10-22-21(23)9-6-12-24(22)30/h4-17H,3H2,1-2H3,(H2,31,33,34,36). The summed E-state index contributed by atoms with van der Waals surface area (Å²) in [5.41, 5.74) is 4.93. The SMILES string of the molecule is CCC(C)c1ccc2oc(-c3cccc(NC(=S)NC(=O)c4cccc5c(Br)cccc45)c3)nc2c1. The summed E-state index contributed by atoms with van der Waals surface area (Å²) in [6, 6.07) is 25.1. The molecule has 0 saturated heterocycles. The van der Waals surface area contributed by atoms with Crippen LogP contribution in [-0.2, 0) is 0 Å². The van der Waals surface area contributed by atoms with Gasteiger partial charge in [0.2, 0.25) is 5.89 Å². The number of carbonyl (C=O) groups excluding carboxylic acids is 1. The van der Waals surface area contributed by atoms with Gasteiger partial charge in [0, 0.05) is 21.3 Å². The van der Waals surface area contributed by atoms with E-state index in [-0.39, 0.29) is 11.0 Å². The molecule has 5 aromatic rings. The van der Waals surface area contributed by atoms with Gasteiger partial charge >= 0.3 is 0 Å². The van der Waals surface area contributed by atoms with E-state index in [9.17, 15) is 4.79 Å². The van der Waals surface area contributed by atoms with Gasteiger partial charge < -0.3 is 9.73 Å². The van der Waals surface area contributed by atoms with E-state index in [1.165, 1.54) is 5.56 Å². The van der Waals surface area contributed by atoms with Gasteiger partial charge in [-0.3, -0.25) is 10.1 Å². The molecule has 0 spiro atoms. The number of hydrogen-bond donors (Lipinski definition) is 2. The molecule has 36 heavy (non-hydrogen) atoms. The Balaban J connectivity index is 1.33. The van der Waals surface area contributed by atoms with Crippen molar-refractivity contribution >= 4 is 66.7 Å². The number of halogens is 1. The molecule has 0 bridgehead atoms. The number of nitrogens with zero attached hydrogens (tertiary/aromatic N) is 1. The molecule has 5 rings (SSSR count). The summed E-state index contributed by atoms with van der Waals surface area (Å²) >= 11 is 8.97. The molecule has 0 aliphatic heterocycles. The van der Waals surface area contributed by atoms with Crippen LogP contribution in [0.4, 0.5) is 5.69 Å². The summed E-state index contributed by atoms with van der Waals surface area (Å²) in [5, 5.41) is 7.91. The third-order valence-corrected chi connectivity index (χ3v) is 7.20. The lowest BCUT2D eigenvalue weighted by Crippen LogP contribution is -2.34. The smallest absolute Gasteiger partial charge is 0.258 e. The van der Waals surface area contributed by atoms with Crippen molar-refractivity contribution < 1.29 is 9.21 Å². The van der Waals surface area contributed by atoms with E-state index in [2.05, 4.69) is 52.5 Å². The van der Waals surface area contributed by atoms with E-state index >= 15 is 0 Å². The van der Waals surface area contributed by atoms with Crippen LogP contribution in [0.5, 0.6) is 0 Å². The van der Waals surface area contributed by atoms with Gasteiger partial charge in [-0.25, -0.2) is 4.98 Å². The largest absolute Gasteiger partial charge is 0.436 e. The number of anilines is 1. The first-order chi connectivity index (χ1) is 17.4. The average molecular weight is 559 g/mol. The molecule has 5 nitrogen and oxygen atoms in total. The number of aromatic nitrogens is 1. The van der Waals surface area contributed by atoms with Crippen molar-refractivity contribution in [2.45, 2.75) is 26.2 Å². The fraction of sp³-hybridized carbons (Fsp3) is 0.138. The quantitative estimate of drug-likeness (QED) is 0.214. The highest BCUT2D eigenvalue weighted by Gasteiger charge is 2.14. The minimum atomic E-state index is -0.275. The molecule has 0 aliphatic carbocycles. The second-order valence-electron chi connectivity index (χ2n) is 8.69. The molecule has 1 atom stereocenters. The monoisotopic (exact) mass is 557 g/mol. The highest BCUT2D eigenvalue weighted by Crippen LogP contribution is 2.29. The Morgan fingerprint density at radius 3 is 2.64 bits per heavy atom. The summed E-state index contributed by atoms with van der Waals surface area (Å²) in [6.07, 6.45) is 1.07. The van der Waals surface area contributed by atoms with Crippen LogP contribution in [0, 0.1) is 0 Å². The maximum absolute atomic E-state index is 13.0. The Hall–Kier alpha value is -3.55. The summed E-state index contributed by atoms with van der Waals surface area (Å²) in [4.78, 5) is 17.7. The normalized spacial score (nSPS) is 12.0. The third kappa shape index (κ3) is 4.90. The Labute approximate surface area is 223 Å². The second-order valence-corrected chi connectivity index (χ2v) is 9.95. The van der Waals surface area contributed by atoms with E-state index < -0.39 is 0 Å². The van der Waals surface area contributed by atoms with Crippen LogP contribution in [0.25, 0.3) is 33.3 Å². The van der Waals surface area contributed by atoms with Crippen LogP contribution in [0.15, 0.2) is 87.8 Å². The molecular weight excluding hydrogens is 534 g/mol. The lowest BCUT2D eigenvalue weighted by Gasteiger charge is -2.12. The Kier molecular flexibility index (Phi) is 6.85. The molecule has 0 radical (unpaired) electrons. The molecule has 2 N–H and O–H groups in total. The van der Waals surface area contributed by atoms with E-state index in [0.717, 1.165) is 44.0 Å². The van der Waals surface area contributed by atoms with Gasteiger partial charge in [-0.15, -0.1) is 0 Å². The highest BCUT2D eigenvalue weighted by molar-refractivity contribution is 9.10. The fourth-order valence-corrected chi connectivity index (χ4v) is 4.85. The van der Waals surface area contributed by atoms with Crippen LogP contribution in [0.1, 0.15) is 42.1 Å². The number of carbonyl (C=O) groups is 1.